The highest BCUT2D eigenvalue weighted by Gasteiger charge is 2.27. The number of aromatic nitrogens is 1. The average molecular weight is 476 g/mol. The van der Waals surface area contributed by atoms with E-state index in [1.807, 2.05) is 0 Å². The summed E-state index contributed by atoms with van der Waals surface area (Å²) in [5, 5.41) is 1.28. The number of nitrogens with zero attached hydrogens (tertiary/aromatic N) is 1. The van der Waals surface area contributed by atoms with Gasteiger partial charge in [-0.25, -0.2) is 4.39 Å². The zero-order valence-corrected chi connectivity index (χ0v) is 18.3. The molecule has 0 saturated carbocycles. The lowest BCUT2D eigenvalue weighted by molar-refractivity contribution is 0.0993. The minimum Gasteiger partial charge on any atom is -0.354 e. The van der Waals surface area contributed by atoms with Crippen LogP contribution in [0.15, 0.2) is 42.5 Å². The molecule has 0 saturated heterocycles. The van der Waals surface area contributed by atoms with Crippen molar-refractivity contribution in [3.8, 4) is 11.3 Å². The summed E-state index contributed by atoms with van der Waals surface area (Å²) >= 11 is 2.38. The fourth-order valence-corrected chi connectivity index (χ4v) is 4.84. The SMILES string of the molecule is C[C@@H]1Cc2c([nH]c3ccccc23)-c2ccc(I)cc2CCN1CC(C)(C)F. The topological polar surface area (TPSA) is 19.0 Å². The summed E-state index contributed by atoms with van der Waals surface area (Å²) in [4.78, 5) is 6.00. The molecule has 1 aliphatic rings. The van der Waals surface area contributed by atoms with Crippen molar-refractivity contribution in [1.82, 2.24) is 9.88 Å². The quantitative estimate of drug-likeness (QED) is 0.451. The number of fused-ring (bicyclic) bond motifs is 5. The number of benzene rings is 2. The predicted octanol–water partition coefficient (Wildman–Crippen LogP) is 5.98. The maximum atomic E-state index is 14.5. The van der Waals surface area contributed by atoms with Crippen molar-refractivity contribution in [3.63, 3.8) is 0 Å². The molecule has 2 heterocycles. The number of hydrogen-bond donors (Lipinski definition) is 1. The van der Waals surface area contributed by atoms with Gasteiger partial charge in [-0.3, -0.25) is 4.90 Å². The van der Waals surface area contributed by atoms with Gasteiger partial charge in [0.25, 0.3) is 0 Å². The van der Waals surface area contributed by atoms with E-state index in [-0.39, 0.29) is 6.04 Å². The highest BCUT2D eigenvalue weighted by Crippen LogP contribution is 2.36. The second-order valence-corrected chi connectivity index (χ2v) is 9.56. The Morgan fingerprint density at radius 3 is 2.78 bits per heavy atom. The lowest BCUT2D eigenvalue weighted by Crippen LogP contribution is -2.43. The number of para-hydroxylation sites is 1. The Labute approximate surface area is 174 Å². The van der Waals surface area contributed by atoms with Gasteiger partial charge in [-0.2, -0.15) is 0 Å². The van der Waals surface area contributed by atoms with Crippen LogP contribution in [0.4, 0.5) is 4.39 Å². The Morgan fingerprint density at radius 1 is 1.22 bits per heavy atom. The Bertz CT molecular complexity index is 970. The molecule has 27 heavy (non-hydrogen) atoms. The van der Waals surface area contributed by atoms with Crippen LogP contribution in [0.1, 0.15) is 31.9 Å². The second-order valence-electron chi connectivity index (χ2n) is 8.32. The van der Waals surface area contributed by atoms with Gasteiger partial charge >= 0.3 is 0 Å². The summed E-state index contributed by atoms with van der Waals surface area (Å²) < 4.78 is 15.7. The molecule has 3 aromatic rings. The molecule has 1 N–H and O–H groups in total. The van der Waals surface area contributed by atoms with Crippen molar-refractivity contribution in [2.24, 2.45) is 0 Å². The van der Waals surface area contributed by atoms with Crippen LogP contribution in [0, 0.1) is 3.57 Å². The smallest absolute Gasteiger partial charge is 0.118 e. The van der Waals surface area contributed by atoms with E-state index in [1.54, 1.807) is 13.8 Å². The monoisotopic (exact) mass is 476 g/mol. The van der Waals surface area contributed by atoms with Crippen molar-refractivity contribution < 1.29 is 4.39 Å². The molecule has 1 aliphatic heterocycles. The zero-order valence-electron chi connectivity index (χ0n) is 16.2. The van der Waals surface area contributed by atoms with Gasteiger partial charge in [0.15, 0.2) is 0 Å². The summed E-state index contributed by atoms with van der Waals surface area (Å²) in [6, 6.07) is 15.5. The highest BCUT2D eigenvalue weighted by atomic mass is 127. The standard InChI is InChI=1S/C23H26FIN2/c1-15-12-20-19-6-4-5-7-21(19)26-22(20)18-9-8-17(25)13-16(18)10-11-27(15)14-23(2,3)24/h4-9,13,15,26H,10-12,14H2,1-3H3/t15-/m1/s1. The van der Waals surface area contributed by atoms with Gasteiger partial charge in [0, 0.05) is 39.2 Å². The maximum absolute atomic E-state index is 14.5. The first-order valence-corrected chi connectivity index (χ1v) is 10.7. The molecular formula is C23H26FIN2. The van der Waals surface area contributed by atoms with Gasteiger partial charge in [0.1, 0.15) is 5.67 Å². The Hall–Kier alpha value is -1.40. The van der Waals surface area contributed by atoms with Crippen molar-refractivity contribution in [2.75, 3.05) is 13.1 Å². The normalized spacial score (nSPS) is 18.5. The molecule has 2 aromatic carbocycles. The van der Waals surface area contributed by atoms with E-state index >= 15 is 0 Å². The molecule has 0 bridgehead atoms. The largest absolute Gasteiger partial charge is 0.354 e. The summed E-state index contributed by atoms with van der Waals surface area (Å²) in [6.07, 6.45) is 1.85. The van der Waals surface area contributed by atoms with Crippen LogP contribution in [0.3, 0.4) is 0 Å². The molecule has 0 radical (unpaired) electrons. The van der Waals surface area contributed by atoms with Crippen LogP contribution in [0.5, 0.6) is 0 Å². The van der Waals surface area contributed by atoms with Crippen LogP contribution in [0.2, 0.25) is 0 Å². The van der Waals surface area contributed by atoms with E-state index in [9.17, 15) is 4.39 Å². The molecule has 0 aliphatic carbocycles. The fraction of sp³-hybridized carbons (Fsp3) is 0.391. The molecule has 2 nitrogen and oxygen atoms in total. The molecule has 0 spiro atoms. The average Bonchev–Trinajstić information content (AvgIpc) is 2.97. The number of aromatic amines is 1. The molecule has 0 amide bonds. The third kappa shape index (κ3) is 3.92. The number of alkyl halides is 1. The summed E-state index contributed by atoms with van der Waals surface area (Å²) in [7, 11) is 0. The van der Waals surface area contributed by atoms with Crippen molar-refractivity contribution >= 4 is 33.5 Å². The van der Waals surface area contributed by atoms with E-state index in [0.717, 1.165) is 19.4 Å². The predicted molar refractivity (Wildman–Crippen MR) is 120 cm³/mol. The molecule has 142 valence electrons. The van der Waals surface area contributed by atoms with Gasteiger partial charge in [-0.1, -0.05) is 24.3 Å². The van der Waals surface area contributed by atoms with Gasteiger partial charge in [0.2, 0.25) is 0 Å². The fourth-order valence-electron chi connectivity index (χ4n) is 4.28. The van der Waals surface area contributed by atoms with E-state index in [0.29, 0.717) is 6.54 Å². The number of hydrogen-bond acceptors (Lipinski definition) is 1. The summed E-state index contributed by atoms with van der Waals surface area (Å²) in [5.74, 6) is 0. The molecule has 0 fully saturated rings. The molecule has 1 atom stereocenters. The van der Waals surface area contributed by atoms with E-state index in [4.69, 9.17) is 0 Å². The first-order valence-electron chi connectivity index (χ1n) is 9.63. The highest BCUT2D eigenvalue weighted by molar-refractivity contribution is 14.1. The van der Waals surface area contributed by atoms with Gasteiger partial charge in [-0.05, 0) is 85.5 Å². The number of H-pyrrole nitrogens is 1. The van der Waals surface area contributed by atoms with Crippen LogP contribution < -0.4 is 0 Å². The number of halogens is 2. The summed E-state index contributed by atoms with van der Waals surface area (Å²) in [5.41, 5.74) is 5.19. The lowest BCUT2D eigenvalue weighted by Gasteiger charge is -2.32. The molecule has 1 aromatic heterocycles. The Kier molecular flexibility index (Phi) is 5.06. The Balaban J connectivity index is 1.88. The zero-order chi connectivity index (χ0) is 19.2. The van der Waals surface area contributed by atoms with Gasteiger partial charge in [-0.15, -0.1) is 0 Å². The minimum absolute atomic E-state index is 0.284. The van der Waals surface area contributed by atoms with E-state index in [1.165, 1.54) is 36.9 Å². The van der Waals surface area contributed by atoms with Gasteiger partial charge in [0.05, 0.1) is 5.69 Å². The van der Waals surface area contributed by atoms with E-state index in [2.05, 4.69) is 81.9 Å². The third-order valence-corrected chi connectivity index (χ3v) is 6.19. The maximum Gasteiger partial charge on any atom is 0.118 e. The van der Waals surface area contributed by atoms with Crippen LogP contribution in [-0.2, 0) is 12.8 Å². The molecule has 4 rings (SSSR count). The first-order chi connectivity index (χ1) is 12.8. The van der Waals surface area contributed by atoms with E-state index < -0.39 is 5.67 Å². The second kappa shape index (κ2) is 7.21. The number of rotatable bonds is 2. The van der Waals surface area contributed by atoms with Crippen LogP contribution in [-0.4, -0.2) is 34.7 Å². The molecular weight excluding hydrogens is 450 g/mol. The molecule has 0 unspecified atom stereocenters. The van der Waals surface area contributed by atoms with Crippen molar-refractivity contribution in [2.45, 2.75) is 45.3 Å². The molecule has 4 heteroatoms. The minimum atomic E-state index is -1.20. The van der Waals surface area contributed by atoms with Crippen molar-refractivity contribution in [3.05, 3.63) is 57.2 Å². The first kappa shape index (κ1) is 18.9. The van der Waals surface area contributed by atoms with Crippen molar-refractivity contribution in [1.29, 1.82) is 0 Å². The van der Waals surface area contributed by atoms with Crippen LogP contribution >= 0.6 is 22.6 Å². The van der Waals surface area contributed by atoms with Gasteiger partial charge < -0.3 is 4.98 Å². The Morgan fingerprint density at radius 2 is 2.00 bits per heavy atom. The lowest BCUT2D eigenvalue weighted by atomic mass is 9.96. The number of nitrogens with one attached hydrogen (secondary N) is 1. The van der Waals surface area contributed by atoms with Crippen LogP contribution in [0.25, 0.3) is 22.2 Å². The third-order valence-electron chi connectivity index (χ3n) is 5.52. The summed E-state index contributed by atoms with van der Waals surface area (Å²) in [6.45, 7) is 6.94.